The Morgan fingerprint density at radius 1 is 1.09 bits per heavy atom. The minimum Gasteiger partial charge on any atom is -0.507 e. The van der Waals surface area contributed by atoms with Gasteiger partial charge in [0.25, 0.3) is 0 Å². The summed E-state index contributed by atoms with van der Waals surface area (Å²) in [5, 5.41) is 14.6. The molecule has 0 bridgehead atoms. The SMILES string of the molecule is Cc1nc2c(C)c(O)c(-c3ccc4nc(N5CC[C@H](NC6(C)CC6)C5)ccc4n3)cc2o1. The maximum Gasteiger partial charge on any atom is 0.192 e. The van der Waals surface area contributed by atoms with Crippen molar-refractivity contribution >= 4 is 28.0 Å². The van der Waals surface area contributed by atoms with E-state index in [1.54, 1.807) is 6.92 Å². The van der Waals surface area contributed by atoms with Gasteiger partial charge in [0.2, 0.25) is 0 Å². The second kappa shape index (κ2) is 6.90. The van der Waals surface area contributed by atoms with Crippen molar-refractivity contribution in [1.29, 1.82) is 0 Å². The summed E-state index contributed by atoms with van der Waals surface area (Å²) >= 11 is 0. The molecule has 4 heterocycles. The molecule has 3 aromatic heterocycles. The standard InChI is InChI=1S/C25H27N5O2/c1-14-23-21(32-15(2)26-23)12-17(24(14)31)18-4-5-20-19(27-18)6-7-22(28-20)30-11-8-16(13-30)29-25(3)9-10-25/h4-7,12,16,29,31H,8-11,13H2,1-3H3/t16-/m0/s1. The predicted octanol–water partition coefficient (Wildman–Crippen LogP) is 4.48. The van der Waals surface area contributed by atoms with Gasteiger partial charge in [-0.25, -0.2) is 15.0 Å². The van der Waals surface area contributed by atoms with E-state index in [2.05, 4.69) is 28.2 Å². The zero-order valence-electron chi connectivity index (χ0n) is 18.6. The minimum absolute atomic E-state index is 0.183. The van der Waals surface area contributed by atoms with Crippen LogP contribution in [0.5, 0.6) is 5.75 Å². The molecule has 1 aliphatic carbocycles. The van der Waals surface area contributed by atoms with Crippen molar-refractivity contribution in [1.82, 2.24) is 20.3 Å². The number of benzene rings is 1. The van der Waals surface area contributed by atoms with Crippen LogP contribution in [-0.4, -0.2) is 44.7 Å². The fourth-order valence-corrected chi connectivity index (χ4v) is 4.75. The molecule has 2 N–H and O–H groups in total. The number of oxazole rings is 1. The van der Waals surface area contributed by atoms with Gasteiger partial charge in [-0.3, -0.25) is 0 Å². The minimum atomic E-state index is 0.183. The highest BCUT2D eigenvalue weighted by Crippen LogP contribution is 2.38. The first-order valence-electron chi connectivity index (χ1n) is 11.3. The van der Waals surface area contributed by atoms with Crippen molar-refractivity contribution in [3.8, 4) is 17.0 Å². The van der Waals surface area contributed by atoms with E-state index >= 15 is 0 Å². The van der Waals surface area contributed by atoms with Gasteiger partial charge in [-0.2, -0.15) is 0 Å². The number of nitrogens with one attached hydrogen (secondary N) is 1. The summed E-state index contributed by atoms with van der Waals surface area (Å²) in [6.07, 6.45) is 3.71. The molecule has 2 fully saturated rings. The Hall–Kier alpha value is -3.19. The third-order valence-electron chi connectivity index (χ3n) is 6.87. The highest BCUT2D eigenvalue weighted by molar-refractivity contribution is 5.89. The Bertz CT molecular complexity index is 1360. The van der Waals surface area contributed by atoms with Crippen LogP contribution in [0.4, 0.5) is 5.82 Å². The van der Waals surface area contributed by atoms with E-state index < -0.39 is 0 Å². The molecular formula is C25H27N5O2. The number of pyridine rings is 2. The lowest BCUT2D eigenvalue weighted by Crippen LogP contribution is -2.40. The number of hydrogen-bond donors (Lipinski definition) is 2. The molecule has 0 amide bonds. The Morgan fingerprint density at radius 2 is 1.88 bits per heavy atom. The molecule has 7 nitrogen and oxygen atoms in total. The fourth-order valence-electron chi connectivity index (χ4n) is 4.75. The molecule has 2 aliphatic rings. The Labute approximate surface area is 186 Å². The third-order valence-corrected chi connectivity index (χ3v) is 6.87. The fraction of sp³-hybridized carbons (Fsp3) is 0.400. The maximum absolute atomic E-state index is 10.8. The molecule has 1 aliphatic heterocycles. The third kappa shape index (κ3) is 3.28. The monoisotopic (exact) mass is 429 g/mol. The van der Waals surface area contributed by atoms with Crippen LogP contribution in [0.3, 0.4) is 0 Å². The Balaban J connectivity index is 1.30. The summed E-state index contributed by atoms with van der Waals surface area (Å²) in [5.74, 6) is 1.75. The van der Waals surface area contributed by atoms with Crippen molar-refractivity contribution in [2.24, 2.45) is 0 Å². The average molecular weight is 430 g/mol. The van der Waals surface area contributed by atoms with Gasteiger partial charge >= 0.3 is 0 Å². The number of phenols is 1. The van der Waals surface area contributed by atoms with Gasteiger partial charge in [-0.15, -0.1) is 0 Å². The molecule has 4 aromatic rings. The molecular weight excluding hydrogens is 402 g/mol. The van der Waals surface area contributed by atoms with Gasteiger partial charge in [0, 0.05) is 42.7 Å². The Morgan fingerprint density at radius 3 is 2.69 bits per heavy atom. The summed E-state index contributed by atoms with van der Waals surface area (Å²) in [7, 11) is 0. The van der Waals surface area contributed by atoms with E-state index in [9.17, 15) is 5.11 Å². The molecule has 0 radical (unpaired) electrons. The van der Waals surface area contributed by atoms with Crippen molar-refractivity contribution in [2.45, 2.75) is 51.6 Å². The van der Waals surface area contributed by atoms with E-state index in [1.165, 1.54) is 12.8 Å². The first kappa shape index (κ1) is 19.5. The van der Waals surface area contributed by atoms with Gasteiger partial charge in [-0.1, -0.05) is 0 Å². The predicted molar refractivity (Wildman–Crippen MR) is 125 cm³/mol. The zero-order valence-corrected chi connectivity index (χ0v) is 18.6. The molecule has 1 saturated heterocycles. The number of fused-ring (bicyclic) bond motifs is 2. The number of phenolic OH excluding ortho intramolecular Hbond substituents is 1. The van der Waals surface area contributed by atoms with Crippen LogP contribution in [0.1, 0.15) is 37.6 Å². The quantitative estimate of drug-likeness (QED) is 0.494. The first-order chi connectivity index (χ1) is 15.4. The summed E-state index contributed by atoms with van der Waals surface area (Å²) in [4.78, 5) is 16.4. The van der Waals surface area contributed by atoms with Gasteiger partial charge in [0.15, 0.2) is 11.5 Å². The molecule has 32 heavy (non-hydrogen) atoms. The molecule has 1 atom stereocenters. The van der Waals surface area contributed by atoms with Crippen LogP contribution in [0.2, 0.25) is 0 Å². The number of aryl methyl sites for hydroxylation is 2. The topological polar surface area (TPSA) is 87.3 Å². The number of anilines is 1. The summed E-state index contributed by atoms with van der Waals surface area (Å²) < 4.78 is 5.70. The number of aromatic hydroxyl groups is 1. The van der Waals surface area contributed by atoms with Crippen molar-refractivity contribution < 1.29 is 9.52 Å². The van der Waals surface area contributed by atoms with Crippen molar-refractivity contribution in [2.75, 3.05) is 18.0 Å². The van der Waals surface area contributed by atoms with Crippen molar-refractivity contribution in [3.63, 3.8) is 0 Å². The largest absolute Gasteiger partial charge is 0.507 e. The summed E-state index contributed by atoms with van der Waals surface area (Å²) in [5.41, 5.74) is 5.37. The smallest absolute Gasteiger partial charge is 0.192 e. The zero-order chi connectivity index (χ0) is 22.0. The summed E-state index contributed by atoms with van der Waals surface area (Å²) in [6.45, 7) is 7.97. The number of aromatic nitrogens is 3. The van der Waals surface area contributed by atoms with E-state index in [4.69, 9.17) is 14.4 Å². The lowest BCUT2D eigenvalue weighted by atomic mass is 10.0. The Kier molecular flexibility index (Phi) is 4.21. The van der Waals surface area contributed by atoms with Crippen LogP contribution in [0, 0.1) is 13.8 Å². The van der Waals surface area contributed by atoms with Gasteiger partial charge in [-0.05, 0) is 63.4 Å². The maximum atomic E-state index is 10.8. The average Bonchev–Trinajstić information content (AvgIpc) is 3.16. The second-order valence-corrected chi connectivity index (χ2v) is 9.52. The van der Waals surface area contributed by atoms with Crippen LogP contribution >= 0.6 is 0 Å². The lowest BCUT2D eigenvalue weighted by molar-refractivity contribution is 0.455. The molecule has 7 heteroatoms. The molecule has 0 spiro atoms. The van der Waals surface area contributed by atoms with Gasteiger partial charge < -0.3 is 19.7 Å². The highest BCUT2D eigenvalue weighted by atomic mass is 16.3. The van der Waals surface area contributed by atoms with E-state index in [-0.39, 0.29) is 5.75 Å². The van der Waals surface area contributed by atoms with Crippen molar-refractivity contribution in [3.05, 3.63) is 41.8 Å². The van der Waals surface area contributed by atoms with Gasteiger partial charge in [0.1, 0.15) is 17.1 Å². The van der Waals surface area contributed by atoms with E-state index in [0.29, 0.717) is 45.4 Å². The first-order valence-corrected chi connectivity index (χ1v) is 11.3. The van der Waals surface area contributed by atoms with E-state index in [0.717, 1.165) is 36.4 Å². The summed E-state index contributed by atoms with van der Waals surface area (Å²) in [6, 6.07) is 10.3. The molecule has 1 saturated carbocycles. The lowest BCUT2D eigenvalue weighted by Gasteiger charge is -2.20. The van der Waals surface area contributed by atoms with Crippen LogP contribution in [-0.2, 0) is 0 Å². The number of hydrogen-bond acceptors (Lipinski definition) is 7. The number of nitrogens with zero attached hydrogens (tertiary/aromatic N) is 4. The molecule has 0 unspecified atom stereocenters. The van der Waals surface area contributed by atoms with Gasteiger partial charge in [0.05, 0.1) is 16.7 Å². The highest BCUT2D eigenvalue weighted by Gasteiger charge is 2.40. The molecule has 6 rings (SSSR count). The number of rotatable bonds is 4. The molecule has 164 valence electrons. The van der Waals surface area contributed by atoms with E-state index in [1.807, 2.05) is 31.2 Å². The second-order valence-electron chi connectivity index (χ2n) is 9.52. The van der Waals surface area contributed by atoms with Crippen LogP contribution < -0.4 is 10.2 Å². The van der Waals surface area contributed by atoms with Crippen LogP contribution in [0.25, 0.3) is 33.4 Å². The normalized spacial score (nSPS) is 19.8. The van der Waals surface area contributed by atoms with Crippen LogP contribution in [0.15, 0.2) is 34.7 Å². The molecule has 1 aromatic carbocycles.